The molecule has 0 radical (unpaired) electrons. The van der Waals surface area contributed by atoms with Gasteiger partial charge in [-0.3, -0.25) is 20.0 Å². The summed E-state index contributed by atoms with van der Waals surface area (Å²) in [7, 11) is -3.32. The van der Waals surface area contributed by atoms with E-state index >= 15 is 0 Å². The Hall–Kier alpha value is -3.12. The van der Waals surface area contributed by atoms with Crippen LogP contribution >= 0.6 is 0 Å². The van der Waals surface area contributed by atoms with Crippen LogP contribution in [0.5, 0.6) is 0 Å². The standard InChI is InChI=1S/C19H24N6O2S/c20-16-23-19(24-17-10-13-21-14-11-17)22-12-6-1-2-7-15-28(26,27)25-18-8-4-3-5-9-18/h3-5,8-11,13-14,25H,1-2,6-7,12,15H2,(H2,21,22,23,24). The number of hydrogen-bond acceptors (Lipinski definition) is 5. The summed E-state index contributed by atoms with van der Waals surface area (Å²) in [6, 6.07) is 12.4. The minimum absolute atomic E-state index is 0.0933. The van der Waals surface area contributed by atoms with Gasteiger partial charge in [-0.1, -0.05) is 31.0 Å². The van der Waals surface area contributed by atoms with Gasteiger partial charge in [-0.05, 0) is 37.1 Å². The first-order chi connectivity index (χ1) is 13.6. The zero-order valence-electron chi connectivity index (χ0n) is 15.5. The highest BCUT2D eigenvalue weighted by Crippen LogP contribution is 2.10. The zero-order chi connectivity index (χ0) is 20.1. The molecule has 0 atom stereocenters. The second-order valence-electron chi connectivity index (χ2n) is 6.03. The zero-order valence-corrected chi connectivity index (χ0v) is 16.3. The van der Waals surface area contributed by atoms with Crippen LogP contribution in [0.25, 0.3) is 0 Å². The number of nitrogens with zero attached hydrogens (tertiary/aromatic N) is 3. The minimum Gasteiger partial charge on any atom is -0.325 e. The van der Waals surface area contributed by atoms with Crippen molar-refractivity contribution >= 4 is 27.4 Å². The molecule has 1 aromatic heterocycles. The molecule has 1 aromatic carbocycles. The molecule has 28 heavy (non-hydrogen) atoms. The monoisotopic (exact) mass is 400 g/mol. The van der Waals surface area contributed by atoms with Crippen LogP contribution in [0, 0.1) is 11.5 Å². The number of hydrogen-bond donors (Lipinski definition) is 3. The molecule has 0 bridgehead atoms. The molecule has 148 valence electrons. The maximum atomic E-state index is 12.0. The fourth-order valence-corrected chi connectivity index (χ4v) is 3.60. The van der Waals surface area contributed by atoms with Crippen molar-refractivity contribution in [1.82, 2.24) is 10.3 Å². The van der Waals surface area contributed by atoms with Gasteiger partial charge in [-0.15, -0.1) is 0 Å². The highest BCUT2D eigenvalue weighted by Gasteiger charge is 2.09. The van der Waals surface area contributed by atoms with Crippen molar-refractivity contribution in [1.29, 1.82) is 5.26 Å². The van der Waals surface area contributed by atoms with Crippen molar-refractivity contribution in [3.05, 3.63) is 54.9 Å². The molecule has 0 unspecified atom stereocenters. The van der Waals surface area contributed by atoms with E-state index in [0.717, 1.165) is 24.9 Å². The summed E-state index contributed by atoms with van der Waals surface area (Å²) in [5.74, 6) is 0.471. The van der Waals surface area contributed by atoms with Gasteiger partial charge in [0.25, 0.3) is 0 Å². The Kier molecular flexibility index (Phi) is 8.75. The summed E-state index contributed by atoms with van der Waals surface area (Å²) in [4.78, 5) is 8.26. The molecule has 1 heterocycles. The first-order valence-corrected chi connectivity index (χ1v) is 10.7. The number of aliphatic imine (C=N–C) groups is 1. The van der Waals surface area contributed by atoms with Crippen LogP contribution in [-0.2, 0) is 10.0 Å². The first-order valence-electron chi connectivity index (χ1n) is 9.01. The van der Waals surface area contributed by atoms with E-state index in [1.54, 1.807) is 48.8 Å². The third-order valence-electron chi connectivity index (χ3n) is 3.76. The third-order valence-corrected chi connectivity index (χ3v) is 5.13. The van der Waals surface area contributed by atoms with Crippen molar-refractivity contribution in [3.8, 4) is 6.19 Å². The second kappa shape index (κ2) is 11.6. The number of guanidine groups is 1. The van der Waals surface area contributed by atoms with E-state index in [1.165, 1.54) is 0 Å². The number of aromatic nitrogens is 1. The fraction of sp³-hybridized carbons (Fsp3) is 0.316. The highest BCUT2D eigenvalue weighted by molar-refractivity contribution is 7.92. The Morgan fingerprint density at radius 3 is 2.43 bits per heavy atom. The normalized spacial score (nSPS) is 11.5. The molecule has 0 aliphatic carbocycles. The lowest BCUT2D eigenvalue weighted by Gasteiger charge is -2.08. The SMILES string of the molecule is N#CNC(=NCCCCCCS(=O)(=O)Nc1ccccc1)Nc1ccncc1. The quantitative estimate of drug-likeness (QED) is 0.185. The predicted molar refractivity (Wildman–Crippen MR) is 111 cm³/mol. The van der Waals surface area contributed by atoms with Gasteiger partial charge in [0.05, 0.1) is 5.75 Å². The van der Waals surface area contributed by atoms with Crippen molar-refractivity contribution in [3.63, 3.8) is 0 Å². The number of nitriles is 1. The Morgan fingerprint density at radius 1 is 1.00 bits per heavy atom. The van der Waals surface area contributed by atoms with E-state index < -0.39 is 10.0 Å². The number of para-hydroxylation sites is 1. The summed E-state index contributed by atoms with van der Waals surface area (Å²) in [5, 5.41) is 14.3. The number of rotatable bonds is 10. The Labute approximate surface area is 165 Å². The average molecular weight is 401 g/mol. The molecular weight excluding hydrogens is 376 g/mol. The predicted octanol–water partition coefficient (Wildman–Crippen LogP) is 2.92. The summed E-state index contributed by atoms with van der Waals surface area (Å²) >= 11 is 0. The molecule has 0 aliphatic heterocycles. The van der Waals surface area contributed by atoms with Gasteiger partial charge in [-0.2, -0.15) is 5.26 Å². The first kappa shape index (κ1) is 21.2. The molecule has 0 spiro atoms. The maximum Gasteiger partial charge on any atom is 0.232 e. The molecule has 0 amide bonds. The van der Waals surface area contributed by atoms with E-state index in [2.05, 4.69) is 25.3 Å². The number of pyridine rings is 1. The molecule has 0 saturated heterocycles. The van der Waals surface area contributed by atoms with Crippen LogP contribution in [0.2, 0.25) is 0 Å². The fourth-order valence-electron chi connectivity index (χ4n) is 2.42. The number of anilines is 2. The van der Waals surface area contributed by atoms with Crippen molar-refractivity contribution in [2.75, 3.05) is 22.3 Å². The molecule has 0 saturated carbocycles. The van der Waals surface area contributed by atoms with Gasteiger partial charge in [0.15, 0.2) is 6.19 Å². The second-order valence-corrected chi connectivity index (χ2v) is 7.87. The minimum atomic E-state index is -3.32. The van der Waals surface area contributed by atoms with E-state index in [9.17, 15) is 8.42 Å². The number of benzene rings is 1. The maximum absolute atomic E-state index is 12.0. The Morgan fingerprint density at radius 2 is 1.71 bits per heavy atom. The topological polar surface area (TPSA) is 119 Å². The molecule has 0 fully saturated rings. The molecule has 8 nitrogen and oxygen atoms in total. The van der Waals surface area contributed by atoms with Gasteiger partial charge in [-0.25, -0.2) is 8.42 Å². The largest absolute Gasteiger partial charge is 0.325 e. The summed E-state index contributed by atoms with van der Waals surface area (Å²) in [6.45, 7) is 0.539. The summed E-state index contributed by atoms with van der Waals surface area (Å²) in [5.41, 5.74) is 1.36. The van der Waals surface area contributed by atoms with Gasteiger partial charge in [0.1, 0.15) is 0 Å². The molecular formula is C19H24N6O2S. The number of sulfonamides is 1. The lowest BCUT2D eigenvalue weighted by molar-refractivity contribution is 0.593. The van der Waals surface area contributed by atoms with Gasteiger partial charge in [0.2, 0.25) is 16.0 Å². The third kappa shape index (κ3) is 8.51. The van der Waals surface area contributed by atoms with Gasteiger partial charge < -0.3 is 5.32 Å². The highest BCUT2D eigenvalue weighted by atomic mass is 32.2. The smallest absolute Gasteiger partial charge is 0.232 e. The van der Waals surface area contributed by atoms with Crippen LogP contribution in [0.4, 0.5) is 11.4 Å². The van der Waals surface area contributed by atoms with Crippen LogP contribution < -0.4 is 15.4 Å². The van der Waals surface area contributed by atoms with Crippen LogP contribution in [0.3, 0.4) is 0 Å². The molecule has 0 aliphatic rings. The molecule has 9 heteroatoms. The van der Waals surface area contributed by atoms with Crippen molar-refractivity contribution < 1.29 is 8.42 Å². The van der Waals surface area contributed by atoms with E-state index in [0.29, 0.717) is 24.6 Å². The van der Waals surface area contributed by atoms with Crippen LogP contribution in [-0.4, -0.2) is 31.7 Å². The van der Waals surface area contributed by atoms with Crippen molar-refractivity contribution in [2.24, 2.45) is 4.99 Å². The number of nitrogens with one attached hydrogen (secondary N) is 3. The molecule has 2 rings (SSSR count). The van der Waals surface area contributed by atoms with Crippen molar-refractivity contribution in [2.45, 2.75) is 25.7 Å². The van der Waals surface area contributed by atoms with Gasteiger partial charge >= 0.3 is 0 Å². The lowest BCUT2D eigenvalue weighted by Crippen LogP contribution is -2.27. The Bertz CT molecular complexity index is 880. The molecule has 2 aromatic rings. The molecule has 3 N–H and O–H groups in total. The van der Waals surface area contributed by atoms with Gasteiger partial charge in [0, 0.05) is 30.3 Å². The summed E-state index contributed by atoms with van der Waals surface area (Å²) < 4.78 is 26.6. The van der Waals surface area contributed by atoms with E-state index in [1.807, 2.05) is 12.3 Å². The number of unbranched alkanes of at least 4 members (excludes halogenated alkanes) is 3. The van der Waals surface area contributed by atoms with E-state index in [4.69, 9.17) is 5.26 Å². The van der Waals surface area contributed by atoms with E-state index in [-0.39, 0.29) is 5.75 Å². The lowest BCUT2D eigenvalue weighted by atomic mass is 10.2. The Balaban J connectivity index is 1.66. The van der Waals surface area contributed by atoms with Crippen LogP contribution in [0.15, 0.2) is 59.9 Å². The van der Waals surface area contributed by atoms with Crippen LogP contribution in [0.1, 0.15) is 25.7 Å². The summed E-state index contributed by atoms with van der Waals surface area (Å²) in [6.07, 6.45) is 8.20. The average Bonchev–Trinajstić information content (AvgIpc) is 2.68.